The van der Waals surface area contributed by atoms with Crippen LogP contribution in [0.2, 0.25) is 5.15 Å². The fraction of sp³-hybridized carbons (Fsp3) is 0.429. The summed E-state index contributed by atoms with van der Waals surface area (Å²) in [5.41, 5.74) is 0. The molecule has 0 bridgehead atoms. The minimum absolute atomic E-state index is 0.427. The van der Waals surface area contributed by atoms with E-state index in [1.807, 2.05) is 24.3 Å². The van der Waals surface area contributed by atoms with Crippen molar-refractivity contribution in [3.8, 4) is 0 Å². The van der Waals surface area contributed by atoms with Crippen molar-refractivity contribution in [2.45, 2.75) is 32.2 Å². The number of nitrogens with zero attached hydrogens (tertiary/aromatic N) is 2. The highest BCUT2D eigenvalue weighted by atomic mass is 35.5. The predicted molar refractivity (Wildman–Crippen MR) is 75.0 cm³/mol. The number of aromatic nitrogens is 2. The number of rotatable bonds is 4. The maximum Gasteiger partial charge on any atom is 0.159 e. The highest BCUT2D eigenvalue weighted by molar-refractivity contribution is 6.34. The third-order valence-corrected chi connectivity index (χ3v) is 3.69. The topological polar surface area (TPSA) is 37.8 Å². The predicted octanol–water partition coefficient (Wildman–Crippen LogP) is 3.88. The number of benzene rings is 1. The Morgan fingerprint density at radius 3 is 2.72 bits per heavy atom. The first-order valence-corrected chi connectivity index (χ1v) is 6.79. The van der Waals surface area contributed by atoms with E-state index in [0.29, 0.717) is 11.2 Å². The summed E-state index contributed by atoms with van der Waals surface area (Å²) in [6.45, 7) is 2.20. The molecule has 18 heavy (non-hydrogen) atoms. The molecule has 2 aromatic rings. The van der Waals surface area contributed by atoms with E-state index < -0.39 is 0 Å². The van der Waals surface area contributed by atoms with Crippen molar-refractivity contribution >= 4 is 28.2 Å². The van der Waals surface area contributed by atoms with Crippen molar-refractivity contribution in [3.05, 3.63) is 29.4 Å². The Morgan fingerprint density at radius 1 is 1.28 bits per heavy atom. The van der Waals surface area contributed by atoms with Crippen LogP contribution in [0.1, 0.15) is 26.2 Å². The molecule has 1 aliphatic rings. The average Bonchev–Trinajstić information content (AvgIpc) is 3.17. The summed E-state index contributed by atoms with van der Waals surface area (Å²) < 4.78 is 0. The van der Waals surface area contributed by atoms with Crippen LogP contribution in [-0.4, -0.2) is 16.2 Å². The van der Waals surface area contributed by atoms with Gasteiger partial charge in [-0.1, -0.05) is 48.7 Å². The van der Waals surface area contributed by atoms with Gasteiger partial charge in [0.05, 0.1) is 0 Å². The van der Waals surface area contributed by atoms with Crippen LogP contribution in [0.25, 0.3) is 10.8 Å². The molecule has 1 aromatic carbocycles. The lowest BCUT2D eigenvalue weighted by atomic mass is 10.1. The van der Waals surface area contributed by atoms with Crippen molar-refractivity contribution < 1.29 is 0 Å². The highest BCUT2D eigenvalue weighted by Crippen LogP contribution is 2.34. The van der Waals surface area contributed by atoms with Gasteiger partial charge in [0.2, 0.25) is 0 Å². The van der Waals surface area contributed by atoms with E-state index in [9.17, 15) is 0 Å². The summed E-state index contributed by atoms with van der Waals surface area (Å²) in [6.07, 6.45) is 3.96. The fourth-order valence-electron chi connectivity index (χ4n) is 2.32. The number of hydrogen-bond donors (Lipinski definition) is 1. The number of anilines is 1. The monoisotopic (exact) mass is 261 g/mol. The Kier molecular flexibility index (Phi) is 3.08. The Hall–Kier alpha value is -1.35. The van der Waals surface area contributed by atoms with Gasteiger partial charge in [0.25, 0.3) is 0 Å². The molecular formula is C14H16ClN3. The molecule has 0 amide bonds. The van der Waals surface area contributed by atoms with Crippen LogP contribution in [0.3, 0.4) is 0 Å². The van der Waals surface area contributed by atoms with Crippen LogP contribution in [-0.2, 0) is 0 Å². The number of nitrogens with one attached hydrogen (secondary N) is 1. The standard InChI is InChI=1S/C14H16ClN3/c1-9(8-10-6-7-10)16-14-12-5-3-2-4-11(12)13(15)17-18-14/h2-5,9-10H,6-8H2,1H3,(H,16,18). The van der Waals surface area contributed by atoms with E-state index in [-0.39, 0.29) is 0 Å². The van der Waals surface area contributed by atoms with E-state index in [1.54, 1.807) is 0 Å². The summed E-state index contributed by atoms with van der Waals surface area (Å²) in [6, 6.07) is 8.39. The van der Waals surface area contributed by atoms with Gasteiger partial charge in [-0.2, -0.15) is 0 Å². The first-order valence-electron chi connectivity index (χ1n) is 6.41. The van der Waals surface area contributed by atoms with E-state index in [4.69, 9.17) is 11.6 Å². The van der Waals surface area contributed by atoms with Crippen molar-refractivity contribution in [2.24, 2.45) is 5.92 Å². The fourth-order valence-corrected chi connectivity index (χ4v) is 2.53. The van der Waals surface area contributed by atoms with Gasteiger partial charge < -0.3 is 5.32 Å². The lowest BCUT2D eigenvalue weighted by Gasteiger charge is -2.15. The van der Waals surface area contributed by atoms with E-state index in [2.05, 4.69) is 22.4 Å². The molecule has 0 spiro atoms. The van der Waals surface area contributed by atoms with Crippen LogP contribution in [0.4, 0.5) is 5.82 Å². The maximum absolute atomic E-state index is 6.06. The van der Waals surface area contributed by atoms with Gasteiger partial charge in [0.15, 0.2) is 11.0 Å². The molecule has 1 aliphatic carbocycles. The molecule has 1 unspecified atom stereocenters. The molecule has 3 nitrogen and oxygen atoms in total. The zero-order chi connectivity index (χ0) is 12.5. The van der Waals surface area contributed by atoms with Crippen molar-refractivity contribution in [1.29, 1.82) is 0 Å². The molecule has 0 aliphatic heterocycles. The summed E-state index contributed by atoms with van der Waals surface area (Å²) in [4.78, 5) is 0. The summed E-state index contributed by atoms with van der Waals surface area (Å²) in [5, 5.41) is 14.1. The Bertz CT molecular complexity index is 566. The van der Waals surface area contributed by atoms with Gasteiger partial charge in [-0.05, 0) is 19.3 Å². The molecule has 1 saturated carbocycles. The van der Waals surface area contributed by atoms with Crippen LogP contribution in [0, 0.1) is 5.92 Å². The molecule has 1 fully saturated rings. The summed E-state index contributed by atoms with van der Waals surface area (Å²) >= 11 is 6.06. The summed E-state index contributed by atoms with van der Waals surface area (Å²) in [5.74, 6) is 1.74. The van der Waals surface area contributed by atoms with Gasteiger partial charge in [0, 0.05) is 16.8 Å². The van der Waals surface area contributed by atoms with E-state index >= 15 is 0 Å². The molecular weight excluding hydrogens is 246 g/mol. The highest BCUT2D eigenvalue weighted by Gasteiger charge is 2.23. The molecule has 4 heteroatoms. The third-order valence-electron chi connectivity index (χ3n) is 3.41. The largest absolute Gasteiger partial charge is 0.366 e. The number of fused-ring (bicyclic) bond motifs is 1. The third kappa shape index (κ3) is 2.41. The Labute approximate surface area is 112 Å². The molecule has 3 rings (SSSR count). The smallest absolute Gasteiger partial charge is 0.159 e. The van der Waals surface area contributed by atoms with Crippen LogP contribution in [0.15, 0.2) is 24.3 Å². The lowest BCUT2D eigenvalue weighted by Crippen LogP contribution is -2.17. The minimum atomic E-state index is 0.427. The van der Waals surface area contributed by atoms with Gasteiger partial charge >= 0.3 is 0 Å². The van der Waals surface area contributed by atoms with E-state index in [0.717, 1.165) is 22.5 Å². The number of halogens is 1. The van der Waals surface area contributed by atoms with Crippen molar-refractivity contribution in [3.63, 3.8) is 0 Å². The van der Waals surface area contributed by atoms with Crippen LogP contribution in [0.5, 0.6) is 0 Å². The van der Waals surface area contributed by atoms with Gasteiger partial charge in [-0.15, -0.1) is 10.2 Å². The molecule has 1 atom stereocenters. The zero-order valence-corrected chi connectivity index (χ0v) is 11.1. The quantitative estimate of drug-likeness (QED) is 0.908. The van der Waals surface area contributed by atoms with Crippen molar-refractivity contribution in [2.75, 3.05) is 5.32 Å². The molecule has 94 valence electrons. The van der Waals surface area contributed by atoms with Crippen LogP contribution >= 0.6 is 11.6 Å². The Balaban J connectivity index is 1.88. The maximum atomic E-state index is 6.06. The summed E-state index contributed by atoms with van der Waals surface area (Å²) in [7, 11) is 0. The lowest BCUT2D eigenvalue weighted by molar-refractivity contribution is 0.639. The van der Waals surface area contributed by atoms with Gasteiger partial charge in [-0.3, -0.25) is 0 Å². The van der Waals surface area contributed by atoms with Crippen LogP contribution < -0.4 is 5.32 Å². The minimum Gasteiger partial charge on any atom is -0.366 e. The SMILES string of the molecule is CC(CC1CC1)Nc1nnc(Cl)c2ccccc12. The second-order valence-electron chi connectivity index (χ2n) is 5.11. The molecule has 0 saturated heterocycles. The van der Waals surface area contributed by atoms with Gasteiger partial charge in [-0.25, -0.2) is 0 Å². The average molecular weight is 262 g/mol. The molecule has 1 aromatic heterocycles. The van der Waals surface area contributed by atoms with Gasteiger partial charge in [0.1, 0.15) is 0 Å². The second-order valence-corrected chi connectivity index (χ2v) is 5.47. The first kappa shape index (κ1) is 11.7. The van der Waals surface area contributed by atoms with E-state index in [1.165, 1.54) is 19.3 Å². The first-order chi connectivity index (χ1) is 8.74. The zero-order valence-electron chi connectivity index (χ0n) is 10.4. The second kappa shape index (κ2) is 4.73. The normalized spacial score (nSPS) is 16.8. The molecule has 1 heterocycles. The number of hydrogen-bond acceptors (Lipinski definition) is 3. The Morgan fingerprint density at radius 2 is 2.00 bits per heavy atom. The molecule has 0 radical (unpaired) electrons. The van der Waals surface area contributed by atoms with Crippen molar-refractivity contribution in [1.82, 2.24) is 10.2 Å². The molecule has 1 N–H and O–H groups in total.